The predicted octanol–water partition coefficient (Wildman–Crippen LogP) is 4.40. The van der Waals surface area contributed by atoms with E-state index in [9.17, 15) is 8.42 Å². The lowest BCUT2D eigenvalue weighted by atomic mass is 10.2. The van der Waals surface area contributed by atoms with Crippen molar-refractivity contribution < 1.29 is 8.42 Å². The number of piperazine rings is 1. The summed E-state index contributed by atoms with van der Waals surface area (Å²) in [7, 11) is -3.19. The van der Waals surface area contributed by atoms with E-state index in [0.717, 1.165) is 24.1 Å². The summed E-state index contributed by atoms with van der Waals surface area (Å²) in [6.07, 6.45) is 3.06. The van der Waals surface area contributed by atoms with E-state index in [-0.39, 0.29) is 5.25 Å². The van der Waals surface area contributed by atoms with Gasteiger partial charge in [-0.05, 0) is 49.2 Å². The number of sulfonamides is 1. The van der Waals surface area contributed by atoms with E-state index in [4.69, 9.17) is 28.2 Å². The normalized spacial score (nSPS) is 17.3. The second kappa shape index (κ2) is 8.74. The summed E-state index contributed by atoms with van der Waals surface area (Å²) in [6, 6.07) is 15.0. The van der Waals surface area contributed by atoms with Crippen molar-refractivity contribution in [2.24, 2.45) is 0 Å². The minimum absolute atomic E-state index is 0.201. The minimum atomic E-state index is -3.19. The summed E-state index contributed by atoms with van der Waals surface area (Å²) in [5, 5.41) is 1.01. The Morgan fingerprint density at radius 2 is 1.60 bits per heavy atom. The molecule has 180 valence electrons. The van der Waals surface area contributed by atoms with Gasteiger partial charge in [0.15, 0.2) is 17.0 Å². The maximum atomic E-state index is 12.7. The molecule has 11 heteroatoms. The number of hydrogen-bond donors (Lipinski definition) is 0. The Bertz CT molecular complexity index is 1510. The zero-order valence-corrected chi connectivity index (χ0v) is 21.0. The van der Waals surface area contributed by atoms with Crippen LogP contribution in [-0.2, 0) is 10.0 Å². The molecular formula is C24H22Cl2N6O2S. The number of rotatable bonds is 5. The largest absolute Gasteiger partial charge is 0.352 e. The van der Waals surface area contributed by atoms with Crippen LogP contribution in [0.2, 0.25) is 10.0 Å². The molecule has 0 radical (unpaired) electrons. The number of imidazole rings is 1. The van der Waals surface area contributed by atoms with Crippen LogP contribution in [-0.4, -0.2) is 63.7 Å². The standard InChI is InChI=1S/C24H22Cl2N6O2S/c25-16-5-7-17(8-6-16)32-22(19-3-1-2-4-20(19)26)29-21-23(27-15-28-24(21)32)30-11-13-31(14-12-30)35(33,34)18-9-10-18/h1-8,15,18H,9-14H2. The Balaban J connectivity index is 1.44. The Hall–Kier alpha value is -2.72. The molecule has 2 aliphatic rings. The zero-order chi connectivity index (χ0) is 24.2. The van der Waals surface area contributed by atoms with Crippen molar-refractivity contribution in [1.82, 2.24) is 23.8 Å². The fourth-order valence-electron chi connectivity index (χ4n) is 4.50. The lowest BCUT2D eigenvalue weighted by Crippen LogP contribution is -2.49. The van der Waals surface area contributed by atoms with Gasteiger partial charge in [-0.3, -0.25) is 4.57 Å². The van der Waals surface area contributed by atoms with E-state index in [0.29, 0.717) is 59.0 Å². The van der Waals surface area contributed by atoms with Gasteiger partial charge >= 0.3 is 0 Å². The van der Waals surface area contributed by atoms with Crippen LogP contribution in [0.5, 0.6) is 0 Å². The van der Waals surface area contributed by atoms with Gasteiger partial charge in [0.05, 0.1) is 10.3 Å². The molecule has 3 heterocycles. The number of fused-ring (bicyclic) bond motifs is 1. The molecule has 0 atom stereocenters. The first-order valence-corrected chi connectivity index (χ1v) is 13.7. The predicted molar refractivity (Wildman–Crippen MR) is 138 cm³/mol. The van der Waals surface area contributed by atoms with Crippen LogP contribution < -0.4 is 4.90 Å². The van der Waals surface area contributed by atoms with Crippen LogP contribution in [0.25, 0.3) is 28.2 Å². The maximum absolute atomic E-state index is 12.7. The highest BCUT2D eigenvalue weighted by atomic mass is 35.5. The smallest absolute Gasteiger partial charge is 0.217 e. The molecule has 1 aliphatic heterocycles. The van der Waals surface area contributed by atoms with Crippen molar-refractivity contribution in [2.45, 2.75) is 18.1 Å². The molecule has 0 amide bonds. The summed E-state index contributed by atoms with van der Waals surface area (Å²) < 4.78 is 28.9. The molecule has 0 unspecified atom stereocenters. The van der Waals surface area contributed by atoms with Crippen LogP contribution in [0.4, 0.5) is 5.82 Å². The fraction of sp³-hybridized carbons (Fsp3) is 0.292. The van der Waals surface area contributed by atoms with Gasteiger partial charge in [0.25, 0.3) is 0 Å². The topological polar surface area (TPSA) is 84.2 Å². The first-order valence-electron chi connectivity index (χ1n) is 11.4. The number of nitrogens with zero attached hydrogens (tertiary/aromatic N) is 6. The summed E-state index contributed by atoms with van der Waals surface area (Å²) in [5.74, 6) is 1.32. The van der Waals surface area contributed by atoms with E-state index in [2.05, 4.69) is 14.9 Å². The Labute approximate surface area is 213 Å². The first kappa shape index (κ1) is 22.7. The van der Waals surface area contributed by atoms with E-state index < -0.39 is 10.0 Å². The molecule has 0 spiro atoms. The molecule has 2 aromatic heterocycles. The first-order chi connectivity index (χ1) is 16.9. The van der Waals surface area contributed by atoms with Gasteiger partial charge in [-0.2, -0.15) is 4.31 Å². The van der Waals surface area contributed by atoms with E-state index in [1.807, 2.05) is 53.1 Å². The molecule has 8 nitrogen and oxygen atoms in total. The minimum Gasteiger partial charge on any atom is -0.352 e. The van der Waals surface area contributed by atoms with Crippen LogP contribution in [0.3, 0.4) is 0 Å². The van der Waals surface area contributed by atoms with Gasteiger partial charge in [0.1, 0.15) is 12.2 Å². The van der Waals surface area contributed by atoms with Gasteiger partial charge in [-0.15, -0.1) is 0 Å². The van der Waals surface area contributed by atoms with Crippen molar-refractivity contribution in [1.29, 1.82) is 0 Å². The molecule has 1 aliphatic carbocycles. The molecule has 6 rings (SSSR count). The summed E-state index contributed by atoms with van der Waals surface area (Å²) in [6.45, 7) is 1.93. The lowest BCUT2D eigenvalue weighted by molar-refractivity contribution is 0.383. The van der Waals surface area contributed by atoms with Gasteiger partial charge < -0.3 is 4.90 Å². The van der Waals surface area contributed by atoms with Gasteiger partial charge in [-0.1, -0.05) is 35.3 Å². The van der Waals surface area contributed by atoms with Crippen molar-refractivity contribution in [3.8, 4) is 17.1 Å². The van der Waals surface area contributed by atoms with Gasteiger partial charge in [-0.25, -0.2) is 23.4 Å². The fourth-order valence-corrected chi connectivity index (χ4v) is 6.67. The van der Waals surface area contributed by atoms with Crippen molar-refractivity contribution in [2.75, 3.05) is 31.1 Å². The molecule has 4 aromatic rings. The summed E-state index contributed by atoms with van der Waals surface area (Å²) in [5.41, 5.74) is 2.89. The van der Waals surface area contributed by atoms with E-state index in [1.165, 1.54) is 6.33 Å². The SMILES string of the molecule is O=S(=O)(C1CC1)N1CCN(c2ncnc3c2nc(-c2ccccc2Cl)n3-c2ccc(Cl)cc2)CC1. The highest BCUT2D eigenvalue weighted by Gasteiger charge is 2.41. The highest BCUT2D eigenvalue weighted by Crippen LogP contribution is 2.36. The van der Waals surface area contributed by atoms with E-state index >= 15 is 0 Å². The molecule has 0 N–H and O–H groups in total. The molecule has 0 bridgehead atoms. The number of hydrogen-bond acceptors (Lipinski definition) is 6. The number of anilines is 1. The molecule has 1 saturated heterocycles. The van der Waals surface area contributed by atoms with Crippen molar-refractivity contribution in [3.63, 3.8) is 0 Å². The summed E-state index contributed by atoms with van der Waals surface area (Å²) >= 11 is 12.7. The van der Waals surface area contributed by atoms with Crippen molar-refractivity contribution >= 4 is 50.2 Å². The number of aromatic nitrogens is 4. The maximum Gasteiger partial charge on any atom is 0.217 e. The van der Waals surface area contributed by atoms with Crippen LogP contribution in [0, 0.1) is 0 Å². The number of benzene rings is 2. The quantitative estimate of drug-likeness (QED) is 0.381. The monoisotopic (exact) mass is 528 g/mol. The molecule has 35 heavy (non-hydrogen) atoms. The second-order valence-electron chi connectivity index (χ2n) is 8.73. The third-order valence-electron chi connectivity index (χ3n) is 6.47. The Kier molecular flexibility index (Phi) is 5.68. The summed E-state index contributed by atoms with van der Waals surface area (Å²) in [4.78, 5) is 16.2. The molecule has 1 saturated carbocycles. The number of halogens is 2. The second-order valence-corrected chi connectivity index (χ2v) is 11.8. The van der Waals surface area contributed by atoms with Crippen molar-refractivity contribution in [3.05, 3.63) is 64.9 Å². The average molecular weight is 529 g/mol. The Morgan fingerprint density at radius 1 is 0.886 bits per heavy atom. The van der Waals surface area contributed by atoms with Gasteiger partial charge in [0, 0.05) is 42.5 Å². The van der Waals surface area contributed by atoms with Crippen LogP contribution in [0.15, 0.2) is 54.9 Å². The van der Waals surface area contributed by atoms with Gasteiger partial charge in [0.2, 0.25) is 10.0 Å². The van der Waals surface area contributed by atoms with Crippen LogP contribution in [0.1, 0.15) is 12.8 Å². The molecule has 2 fully saturated rings. The lowest BCUT2D eigenvalue weighted by Gasteiger charge is -2.34. The average Bonchev–Trinajstić information content (AvgIpc) is 3.66. The Morgan fingerprint density at radius 3 is 2.29 bits per heavy atom. The third-order valence-corrected chi connectivity index (χ3v) is 9.45. The third kappa shape index (κ3) is 4.06. The van der Waals surface area contributed by atoms with E-state index in [1.54, 1.807) is 4.31 Å². The molecular weight excluding hydrogens is 507 g/mol. The highest BCUT2D eigenvalue weighted by molar-refractivity contribution is 7.90. The molecule has 2 aromatic carbocycles. The van der Waals surface area contributed by atoms with Crippen LogP contribution >= 0.6 is 23.2 Å². The zero-order valence-electron chi connectivity index (χ0n) is 18.7.